The highest BCUT2D eigenvalue weighted by Gasteiger charge is 2.12. The topological polar surface area (TPSA) is 71.2 Å². The molecule has 2 heterocycles. The van der Waals surface area contributed by atoms with Crippen LogP contribution in [0.4, 0.5) is 16.5 Å². The van der Waals surface area contributed by atoms with Crippen LogP contribution in [0.3, 0.4) is 0 Å². The zero-order chi connectivity index (χ0) is 14.7. The number of aromatic nitrogens is 1. The molecule has 21 heavy (non-hydrogen) atoms. The minimum absolute atomic E-state index is 0.228. The Morgan fingerprint density at radius 3 is 2.52 bits per heavy atom. The minimum Gasteiger partial charge on any atom is -0.375 e. The van der Waals surface area contributed by atoms with Crippen molar-refractivity contribution in [2.45, 2.75) is 19.3 Å². The van der Waals surface area contributed by atoms with E-state index >= 15 is 0 Å². The van der Waals surface area contributed by atoms with E-state index < -0.39 is 0 Å². The Balaban J connectivity index is 1.65. The van der Waals surface area contributed by atoms with Crippen LogP contribution < -0.4 is 16.0 Å². The second kappa shape index (κ2) is 6.13. The normalized spacial score (nSPS) is 15.0. The fourth-order valence-electron chi connectivity index (χ4n) is 2.49. The lowest BCUT2D eigenvalue weighted by Crippen LogP contribution is -2.29. The van der Waals surface area contributed by atoms with Crippen LogP contribution in [0.15, 0.2) is 29.6 Å². The van der Waals surface area contributed by atoms with E-state index in [2.05, 4.69) is 27.3 Å². The molecule has 0 bridgehead atoms. The standard InChI is InChI=1S/C15H18N4OS/c16-15-18-13(10-21-15)14(20)17-11-4-6-12(7-5-11)19-8-2-1-3-9-19/h4-7,10H,1-3,8-9H2,(H2,16,18)(H,17,20). The van der Waals surface area contributed by atoms with Crippen molar-refractivity contribution < 1.29 is 4.79 Å². The first kappa shape index (κ1) is 13.9. The molecule has 1 aliphatic heterocycles. The van der Waals surface area contributed by atoms with Crippen molar-refractivity contribution in [3.8, 4) is 0 Å². The van der Waals surface area contributed by atoms with Crippen molar-refractivity contribution in [2.75, 3.05) is 29.0 Å². The summed E-state index contributed by atoms with van der Waals surface area (Å²) in [5.41, 5.74) is 7.88. The van der Waals surface area contributed by atoms with Crippen molar-refractivity contribution in [2.24, 2.45) is 0 Å². The number of piperidine rings is 1. The smallest absolute Gasteiger partial charge is 0.275 e. The molecule has 1 amide bonds. The molecular formula is C15H18N4OS. The van der Waals surface area contributed by atoms with Gasteiger partial charge in [0.25, 0.3) is 5.91 Å². The number of benzene rings is 1. The summed E-state index contributed by atoms with van der Waals surface area (Å²) in [4.78, 5) is 18.3. The molecule has 0 spiro atoms. The van der Waals surface area contributed by atoms with Crippen molar-refractivity contribution in [3.05, 3.63) is 35.3 Å². The number of nitrogens with one attached hydrogen (secondary N) is 1. The van der Waals surface area contributed by atoms with E-state index in [-0.39, 0.29) is 5.91 Å². The number of nitrogen functional groups attached to an aromatic ring is 1. The number of hydrogen-bond acceptors (Lipinski definition) is 5. The Bertz CT molecular complexity index is 617. The lowest BCUT2D eigenvalue weighted by molar-refractivity contribution is 0.102. The molecule has 0 saturated carbocycles. The number of thiazole rings is 1. The average molecular weight is 302 g/mol. The lowest BCUT2D eigenvalue weighted by atomic mass is 10.1. The number of nitrogens with two attached hydrogens (primary N) is 1. The van der Waals surface area contributed by atoms with E-state index in [4.69, 9.17) is 5.73 Å². The summed E-state index contributed by atoms with van der Waals surface area (Å²) < 4.78 is 0. The van der Waals surface area contributed by atoms with Gasteiger partial charge >= 0.3 is 0 Å². The second-order valence-corrected chi connectivity index (χ2v) is 6.01. The van der Waals surface area contributed by atoms with Gasteiger partial charge in [-0.15, -0.1) is 11.3 Å². The molecule has 110 valence electrons. The fraction of sp³-hybridized carbons (Fsp3) is 0.333. The van der Waals surface area contributed by atoms with Crippen molar-refractivity contribution in [3.63, 3.8) is 0 Å². The molecule has 0 atom stereocenters. The van der Waals surface area contributed by atoms with Crippen LogP contribution >= 0.6 is 11.3 Å². The first-order valence-corrected chi connectivity index (χ1v) is 7.98. The molecule has 1 saturated heterocycles. The van der Waals surface area contributed by atoms with E-state index in [1.807, 2.05) is 12.1 Å². The first-order chi connectivity index (χ1) is 10.2. The van der Waals surface area contributed by atoms with Crippen LogP contribution in [-0.4, -0.2) is 24.0 Å². The van der Waals surface area contributed by atoms with E-state index in [9.17, 15) is 4.79 Å². The zero-order valence-corrected chi connectivity index (χ0v) is 12.5. The Morgan fingerprint density at radius 2 is 1.90 bits per heavy atom. The Labute approximate surface area is 127 Å². The summed E-state index contributed by atoms with van der Waals surface area (Å²) in [7, 11) is 0. The Hall–Kier alpha value is -2.08. The van der Waals surface area contributed by atoms with Crippen LogP contribution in [0.1, 0.15) is 29.8 Å². The first-order valence-electron chi connectivity index (χ1n) is 7.10. The van der Waals surface area contributed by atoms with Gasteiger partial charge in [0.1, 0.15) is 5.69 Å². The third-order valence-electron chi connectivity index (χ3n) is 3.60. The van der Waals surface area contributed by atoms with E-state index in [1.165, 1.54) is 36.3 Å². The van der Waals surface area contributed by atoms with Gasteiger partial charge in [-0.2, -0.15) is 0 Å². The maximum absolute atomic E-state index is 12.0. The average Bonchev–Trinajstić information content (AvgIpc) is 2.96. The van der Waals surface area contributed by atoms with Gasteiger partial charge in [-0.1, -0.05) is 0 Å². The molecule has 1 aromatic heterocycles. The number of hydrogen-bond donors (Lipinski definition) is 2. The number of anilines is 3. The van der Waals surface area contributed by atoms with E-state index in [0.717, 1.165) is 18.8 Å². The van der Waals surface area contributed by atoms with Crippen molar-refractivity contribution in [1.29, 1.82) is 0 Å². The van der Waals surface area contributed by atoms with Gasteiger partial charge in [-0.05, 0) is 43.5 Å². The van der Waals surface area contributed by atoms with Crippen LogP contribution in [0.2, 0.25) is 0 Å². The minimum atomic E-state index is -0.228. The molecule has 0 unspecified atom stereocenters. The van der Waals surface area contributed by atoms with Gasteiger partial charge in [-0.25, -0.2) is 4.98 Å². The summed E-state index contributed by atoms with van der Waals surface area (Å²) >= 11 is 1.26. The molecule has 1 fully saturated rings. The molecule has 2 aromatic rings. The highest BCUT2D eigenvalue weighted by atomic mass is 32.1. The van der Waals surface area contributed by atoms with Gasteiger partial charge in [0.15, 0.2) is 5.13 Å². The Kier molecular flexibility index (Phi) is 4.06. The molecule has 1 aliphatic rings. The largest absolute Gasteiger partial charge is 0.375 e. The van der Waals surface area contributed by atoms with Crippen molar-refractivity contribution in [1.82, 2.24) is 4.98 Å². The Morgan fingerprint density at radius 1 is 1.19 bits per heavy atom. The van der Waals surface area contributed by atoms with Gasteiger partial charge in [0, 0.05) is 29.8 Å². The molecular weight excluding hydrogens is 284 g/mol. The third kappa shape index (κ3) is 3.33. The van der Waals surface area contributed by atoms with Crippen LogP contribution in [0.25, 0.3) is 0 Å². The highest BCUT2D eigenvalue weighted by Crippen LogP contribution is 2.22. The van der Waals surface area contributed by atoms with E-state index in [1.54, 1.807) is 5.38 Å². The molecule has 0 radical (unpaired) electrons. The quantitative estimate of drug-likeness (QED) is 0.914. The SMILES string of the molecule is Nc1nc(C(=O)Nc2ccc(N3CCCCC3)cc2)cs1. The molecule has 5 nitrogen and oxygen atoms in total. The number of rotatable bonds is 3. The summed E-state index contributed by atoms with van der Waals surface area (Å²) in [6.07, 6.45) is 3.83. The van der Waals surface area contributed by atoms with Gasteiger partial charge in [0.05, 0.1) is 0 Å². The summed E-state index contributed by atoms with van der Waals surface area (Å²) in [6, 6.07) is 7.96. The second-order valence-electron chi connectivity index (χ2n) is 5.12. The molecule has 1 aromatic carbocycles. The number of carbonyl (C=O) groups is 1. The summed E-state index contributed by atoms with van der Waals surface area (Å²) in [5.74, 6) is -0.228. The maximum Gasteiger partial charge on any atom is 0.275 e. The summed E-state index contributed by atoms with van der Waals surface area (Å²) in [5, 5.41) is 4.90. The maximum atomic E-state index is 12.0. The monoisotopic (exact) mass is 302 g/mol. The van der Waals surface area contributed by atoms with Crippen molar-refractivity contribution >= 4 is 33.8 Å². The van der Waals surface area contributed by atoms with Crippen LogP contribution in [0.5, 0.6) is 0 Å². The lowest BCUT2D eigenvalue weighted by Gasteiger charge is -2.28. The fourth-order valence-corrected chi connectivity index (χ4v) is 3.04. The van der Waals surface area contributed by atoms with Gasteiger partial charge < -0.3 is 16.0 Å². The van der Waals surface area contributed by atoms with Gasteiger partial charge in [-0.3, -0.25) is 4.79 Å². The van der Waals surface area contributed by atoms with Gasteiger partial charge in [0.2, 0.25) is 0 Å². The molecule has 3 rings (SSSR count). The number of carbonyl (C=O) groups excluding carboxylic acids is 1. The number of amides is 1. The number of nitrogens with zero attached hydrogens (tertiary/aromatic N) is 2. The highest BCUT2D eigenvalue weighted by molar-refractivity contribution is 7.13. The predicted molar refractivity (Wildman–Crippen MR) is 87.0 cm³/mol. The van der Waals surface area contributed by atoms with E-state index in [0.29, 0.717) is 10.8 Å². The zero-order valence-electron chi connectivity index (χ0n) is 11.7. The molecule has 6 heteroatoms. The molecule has 3 N–H and O–H groups in total. The molecule has 0 aliphatic carbocycles. The van der Waals surface area contributed by atoms with Crippen LogP contribution in [0, 0.1) is 0 Å². The third-order valence-corrected chi connectivity index (χ3v) is 4.27. The summed E-state index contributed by atoms with van der Waals surface area (Å²) in [6.45, 7) is 2.23. The van der Waals surface area contributed by atoms with Crippen LogP contribution in [-0.2, 0) is 0 Å². The predicted octanol–water partition coefficient (Wildman–Crippen LogP) is 2.97.